The van der Waals surface area contributed by atoms with Crippen LogP contribution in [0.5, 0.6) is 0 Å². The SMILES string of the molecule is Cc1nc(C(=O)N2CCC([C@@H](Cc3ccccc3)N(C)Cc3cccnc3)CC2)cs1. The van der Waals surface area contributed by atoms with E-state index in [1.54, 1.807) is 0 Å². The maximum Gasteiger partial charge on any atom is 0.273 e. The lowest BCUT2D eigenvalue weighted by atomic mass is 9.84. The number of piperidine rings is 1. The Kier molecular flexibility index (Phi) is 7.10. The molecule has 1 aliphatic rings. The van der Waals surface area contributed by atoms with Crippen molar-refractivity contribution in [1.29, 1.82) is 0 Å². The summed E-state index contributed by atoms with van der Waals surface area (Å²) in [6, 6.07) is 15.3. The summed E-state index contributed by atoms with van der Waals surface area (Å²) in [6.45, 7) is 4.42. The van der Waals surface area contributed by atoms with Crippen LogP contribution in [0.25, 0.3) is 0 Å². The van der Waals surface area contributed by atoms with Crippen LogP contribution in [0.15, 0.2) is 60.2 Å². The average Bonchev–Trinajstić information content (AvgIpc) is 3.25. The van der Waals surface area contributed by atoms with Gasteiger partial charge in [0.2, 0.25) is 0 Å². The molecule has 3 heterocycles. The quantitative estimate of drug-likeness (QED) is 0.552. The molecule has 1 fully saturated rings. The molecule has 162 valence electrons. The second kappa shape index (κ2) is 10.2. The average molecular weight is 435 g/mol. The van der Waals surface area contributed by atoms with Crippen LogP contribution < -0.4 is 0 Å². The zero-order chi connectivity index (χ0) is 21.6. The number of carbonyl (C=O) groups is 1. The lowest BCUT2D eigenvalue weighted by Gasteiger charge is -2.40. The summed E-state index contributed by atoms with van der Waals surface area (Å²) in [4.78, 5) is 25.9. The summed E-state index contributed by atoms with van der Waals surface area (Å²) in [6.07, 6.45) is 6.82. The number of carbonyl (C=O) groups excluding carboxylic acids is 1. The lowest BCUT2D eigenvalue weighted by molar-refractivity contribution is 0.0598. The molecule has 1 saturated heterocycles. The minimum atomic E-state index is 0.0751. The van der Waals surface area contributed by atoms with Gasteiger partial charge in [-0.1, -0.05) is 36.4 Å². The molecule has 0 radical (unpaired) electrons. The number of hydrogen-bond acceptors (Lipinski definition) is 5. The van der Waals surface area contributed by atoms with Crippen LogP contribution in [0, 0.1) is 12.8 Å². The molecule has 0 spiro atoms. The number of aromatic nitrogens is 2. The molecule has 5 nitrogen and oxygen atoms in total. The Bertz CT molecular complexity index is 967. The van der Waals surface area contributed by atoms with E-state index in [-0.39, 0.29) is 5.91 Å². The second-order valence-electron chi connectivity index (χ2n) is 8.41. The number of hydrogen-bond donors (Lipinski definition) is 0. The Labute approximate surface area is 188 Å². The van der Waals surface area contributed by atoms with Crippen molar-refractivity contribution in [3.05, 3.63) is 82.1 Å². The third-order valence-corrected chi connectivity index (χ3v) is 6.99. The minimum absolute atomic E-state index is 0.0751. The monoisotopic (exact) mass is 434 g/mol. The van der Waals surface area contributed by atoms with Crippen LogP contribution in [0.2, 0.25) is 0 Å². The highest BCUT2D eigenvalue weighted by molar-refractivity contribution is 7.09. The predicted molar refractivity (Wildman–Crippen MR) is 125 cm³/mol. The molecule has 6 heteroatoms. The summed E-state index contributed by atoms with van der Waals surface area (Å²) < 4.78 is 0. The highest BCUT2D eigenvalue weighted by Gasteiger charge is 2.31. The first-order valence-electron chi connectivity index (χ1n) is 10.9. The molecular formula is C25H30N4OS. The fraction of sp³-hybridized carbons (Fsp3) is 0.400. The van der Waals surface area contributed by atoms with Crippen molar-refractivity contribution in [2.24, 2.45) is 5.92 Å². The van der Waals surface area contributed by atoms with Gasteiger partial charge in [0.1, 0.15) is 5.69 Å². The Balaban J connectivity index is 1.44. The van der Waals surface area contributed by atoms with Crippen LogP contribution in [0.1, 0.15) is 39.5 Å². The number of pyridine rings is 1. The van der Waals surface area contributed by atoms with Crippen molar-refractivity contribution >= 4 is 17.2 Å². The minimum Gasteiger partial charge on any atom is -0.337 e. The summed E-state index contributed by atoms with van der Waals surface area (Å²) in [5.74, 6) is 0.620. The molecule has 1 aliphatic heterocycles. The van der Waals surface area contributed by atoms with Crippen LogP contribution in [-0.2, 0) is 13.0 Å². The Morgan fingerprint density at radius 1 is 1.16 bits per heavy atom. The van der Waals surface area contributed by atoms with E-state index in [1.165, 1.54) is 22.5 Å². The van der Waals surface area contributed by atoms with Gasteiger partial charge in [0, 0.05) is 43.4 Å². The molecule has 0 N–H and O–H groups in total. The zero-order valence-corrected chi connectivity index (χ0v) is 19.1. The fourth-order valence-corrected chi connectivity index (χ4v) is 5.13. The number of aryl methyl sites for hydroxylation is 1. The van der Waals surface area contributed by atoms with Crippen LogP contribution >= 0.6 is 11.3 Å². The third kappa shape index (κ3) is 5.57. The van der Waals surface area contributed by atoms with E-state index in [0.717, 1.165) is 43.9 Å². The molecule has 0 unspecified atom stereocenters. The smallest absolute Gasteiger partial charge is 0.273 e. The van der Waals surface area contributed by atoms with E-state index in [0.29, 0.717) is 17.7 Å². The van der Waals surface area contributed by atoms with Crippen LogP contribution in [0.3, 0.4) is 0 Å². The van der Waals surface area contributed by atoms with Crippen molar-refractivity contribution in [2.45, 2.75) is 38.8 Å². The van der Waals surface area contributed by atoms with Crippen molar-refractivity contribution in [3.8, 4) is 0 Å². The van der Waals surface area contributed by atoms with Gasteiger partial charge in [0.15, 0.2) is 0 Å². The number of rotatable bonds is 7. The molecule has 31 heavy (non-hydrogen) atoms. The lowest BCUT2D eigenvalue weighted by Crippen LogP contribution is -2.46. The molecule has 0 bridgehead atoms. The number of thiazole rings is 1. The maximum atomic E-state index is 12.8. The van der Waals surface area contributed by atoms with Gasteiger partial charge in [0.25, 0.3) is 5.91 Å². The third-order valence-electron chi connectivity index (χ3n) is 6.22. The van der Waals surface area contributed by atoms with Crippen LogP contribution in [-0.4, -0.2) is 51.9 Å². The van der Waals surface area contributed by atoms with Gasteiger partial charge in [-0.3, -0.25) is 14.7 Å². The van der Waals surface area contributed by atoms with E-state index >= 15 is 0 Å². The van der Waals surface area contributed by atoms with E-state index < -0.39 is 0 Å². The van der Waals surface area contributed by atoms with E-state index in [2.05, 4.69) is 58.3 Å². The van der Waals surface area contributed by atoms with Gasteiger partial charge in [-0.15, -0.1) is 11.3 Å². The van der Waals surface area contributed by atoms with E-state index in [1.807, 2.05) is 35.7 Å². The molecule has 2 aromatic heterocycles. The fourth-order valence-electron chi connectivity index (χ4n) is 4.55. The Hall–Kier alpha value is -2.57. The molecule has 0 saturated carbocycles. The second-order valence-corrected chi connectivity index (χ2v) is 9.48. The predicted octanol–water partition coefficient (Wildman–Crippen LogP) is 4.44. The van der Waals surface area contributed by atoms with Gasteiger partial charge in [-0.25, -0.2) is 4.98 Å². The number of nitrogens with zero attached hydrogens (tertiary/aromatic N) is 4. The molecule has 1 atom stereocenters. The van der Waals surface area contributed by atoms with Crippen molar-refractivity contribution in [3.63, 3.8) is 0 Å². The summed E-state index contributed by atoms with van der Waals surface area (Å²) >= 11 is 1.54. The van der Waals surface area contributed by atoms with Crippen molar-refractivity contribution < 1.29 is 4.79 Å². The van der Waals surface area contributed by atoms with Gasteiger partial charge in [-0.2, -0.15) is 0 Å². The van der Waals surface area contributed by atoms with Crippen LogP contribution in [0.4, 0.5) is 0 Å². The highest BCUT2D eigenvalue weighted by atomic mass is 32.1. The molecular weight excluding hydrogens is 404 g/mol. The maximum absolute atomic E-state index is 12.8. The molecule has 3 aromatic rings. The normalized spacial score (nSPS) is 15.9. The first-order valence-corrected chi connectivity index (χ1v) is 11.8. The summed E-state index contributed by atoms with van der Waals surface area (Å²) in [7, 11) is 2.22. The topological polar surface area (TPSA) is 49.3 Å². The molecule has 1 amide bonds. The van der Waals surface area contributed by atoms with Gasteiger partial charge < -0.3 is 4.90 Å². The number of likely N-dealkylation sites (N-methyl/N-ethyl adjacent to an activating group) is 1. The molecule has 1 aromatic carbocycles. The number of likely N-dealkylation sites (tertiary alicyclic amines) is 1. The summed E-state index contributed by atoms with van der Waals surface area (Å²) in [5.41, 5.74) is 3.19. The van der Waals surface area contributed by atoms with Crippen molar-refractivity contribution in [2.75, 3.05) is 20.1 Å². The van der Waals surface area contributed by atoms with Gasteiger partial charge >= 0.3 is 0 Å². The summed E-state index contributed by atoms with van der Waals surface area (Å²) in [5, 5.41) is 2.82. The zero-order valence-electron chi connectivity index (χ0n) is 18.3. The van der Waals surface area contributed by atoms with E-state index in [4.69, 9.17) is 0 Å². The van der Waals surface area contributed by atoms with Crippen molar-refractivity contribution in [1.82, 2.24) is 19.8 Å². The largest absolute Gasteiger partial charge is 0.337 e. The number of benzene rings is 1. The highest BCUT2D eigenvalue weighted by Crippen LogP contribution is 2.28. The van der Waals surface area contributed by atoms with E-state index in [9.17, 15) is 4.79 Å². The Morgan fingerprint density at radius 2 is 1.90 bits per heavy atom. The van der Waals surface area contributed by atoms with Gasteiger partial charge in [0.05, 0.1) is 5.01 Å². The van der Waals surface area contributed by atoms with Gasteiger partial charge in [-0.05, 0) is 56.3 Å². The molecule has 4 rings (SSSR count). The standard InChI is InChI=1S/C25H30N4OS/c1-19-27-23(18-31-19)25(30)29-13-10-22(11-14-29)24(15-20-7-4-3-5-8-20)28(2)17-21-9-6-12-26-16-21/h3-9,12,16,18,22,24H,10-11,13-15,17H2,1-2H3/t24-/m1/s1. The first-order chi connectivity index (χ1) is 15.1. The number of amides is 1. The molecule has 0 aliphatic carbocycles. The Morgan fingerprint density at radius 3 is 2.55 bits per heavy atom. The first kappa shape index (κ1) is 21.7.